The zero-order valence-corrected chi connectivity index (χ0v) is 10.2. The molecule has 0 amide bonds. The van der Waals surface area contributed by atoms with E-state index in [4.69, 9.17) is 0 Å². The number of para-hydroxylation sites is 1. The fourth-order valence-corrected chi connectivity index (χ4v) is 1.77. The Morgan fingerprint density at radius 2 is 2.00 bits per heavy atom. The molecule has 1 aromatic heterocycles. The smallest absolute Gasteiger partial charge is 0.0705 e. The summed E-state index contributed by atoms with van der Waals surface area (Å²) in [7, 11) is 1.97. The molecule has 0 aliphatic rings. The number of fused-ring (bicyclic) bond motifs is 1. The zero-order chi connectivity index (χ0) is 11.9. The molecule has 0 atom stereocenters. The highest BCUT2D eigenvalue weighted by Crippen LogP contribution is 2.12. The standard InChI is InChI=1S/C15H18N2/c1-16-12-6-2-3-8-14-11-10-13-7-4-5-9-15(13)17-14/h2-5,7,9-11,16H,6,8,12H2,1H3. The Labute approximate surface area is 102 Å². The molecule has 0 aliphatic heterocycles. The molecule has 17 heavy (non-hydrogen) atoms. The second-order valence-electron chi connectivity index (χ2n) is 4.06. The number of pyridine rings is 1. The monoisotopic (exact) mass is 226 g/mol. The van der Waals surface area contributed by atoms with Crippen LogP contribution in [-0.4, -0.2) is 18.6 Å². The van der Waals surface area contributed by atoms with Gasteiger partial charge in [0.05, 0.1) is 5.52 Å². The number of allylic oxidation sites excluding steroid dienone is 1. The second kappa shape index (κ2) is 6.16. The summed E-state index contributed by atoms with van der Waals surface area (Å²) in [6.07, 6.45) is 6.38. The fourth-order valence-electron chi connectivity index (χ4n) is 1.77. The molecular formula is C15H18N2. The second-order valence-corrected chi connectivity index (χ2v) is 4.06. The van der Waals surface area contributed by atoms with Crippen molar-refractivity contribution in [3.05, 3.63) is 54.2 Å². The van der Waals surface area contributed by atoms with Gasteiger partial charge in [0, 0.05) is 17.5 Å². The van der Waals surface area contributed by atoms with Crippen molar-refractivity contribution in [3.8, 4) is 0 Å². The van der Waals surface area contributed by atoms with E-state index in [1.54, 1.807) is 0 Å². The first-order valence-electron chi connectivity index (χ1n) is 6.04. The Bertz CT molecular complexity index is 503. The normalized spacial score (nSPS) is 11.4. The molecule has 1 heterocycles. The van der Waals surface area contributed by atoms with E-state index in [1.165, 1.54) is 5.39 Å². The summed E-state index contributed by atoms with van der Waals surface area (Å²) in [6.45, 7) is 1.03. The van der Waals surface area contributed by atoms with Crippen molar-refractivity contribution < 1.29 is 0 Å². The van der Waals surface area contributed by atoms with Gasteiger partial charge in [0.1, 0.15) is 0 Å². The molecule has 0 bridgehead atoms. The molecule has 0 saturated carbocycles. The highest BCUT2D eigenvalue weighted by molar-refractivity contribution is 5.78. The van der Waals surface area contributed by atoms with Gasteiger partial charge in [-0.1, -0.05) is 36.4 Å². The summed E-state index contributed by atoms with van der Waals surface area (Å²) in [5.74, 6) is 0. The van der Waals surface area contributed by atoms with Crippen molar-refractivity contribution in [1.29, 1.82) is 0 Å². The van der Waals surface area contributed by atoms with E-state index < -0.39 is 0 Å². The Hall–Kier alpha value is -1.67. The Morgan fingerprint density at radius 3 is 2.88 bits per heavy atom. The molecule has 2 heteroatoms. The molecule has 0 spiro atoms. The predicted molar refractivity (Wildman–Crippen MR) is 73.1 cm³/mol. The number of aromatic nitrogens is 1. The van der Waals surface area contributed by atoms with Gasteiger partial charge in [0.25, 0.3) is 0 Å². The molecule has 2 rings (SSSR count). The fraction of sp³-hybridized carbons (Fsp3) is 0.267. The predicted octanol–water partition coefficient (Wildman–Crippen LogP) is 2.94. The van der Waals surface area contributed by atoms with Crippen LogP contribution in [-0.2, 0) is 6.42 Å². The SMILES string of the molecule is CNCCC=CCc1ccc2ccccc2n1. The van der Waals surface area contributed by atoms with Crippen molar-refractivity contribution in [2.24, 2.45) is 0 Å². The van der Waals surface area contributed by atoms with Crippen molar-refractivity contribution in [2.45, 2.75) is 12.8 Å². The van der Waals surface area contributed by atoms with Crippen LogP contribution < -0.4 is 5.32 Å². The van der Waals surface area contributed by atoms with Gasteiger partial charge in [-0.25, -0.2) is 0 Å². The number of hydrogen-bond acceptors (Lipinski definition) is 2. The molecule has 0 fully saturated rings. The van der Waals surface area contributed by atoms with E-state index in [-0.39, 0.29) is 0 Å². The van der Waals surface area contributed by atoms with Crippen LogP contribution in [0, 0.1) is 0 Å². The molecule has 0 saturated heterocycles. The van der Waals surface area contributed by atoms with E-state index in [2.05, 4.69) is 46.7 Å². The summed E-state index contributed by atoms with van der Waals surface area (Å²) in [5.41, 5.74) is 2.21. The molecule has 2 nitrogen and oxygen atoms in total. The lowest BCUT2D eigenvalue weighted by Gasteiger charge is -2.00. The van der Waals surface area contributed by atoms with E-state index >= 15 is 0 Å². The minimum Gasteiger partial charge on any atom is -0.319 e. The van der Waals surface area contributed by atoms with Crippen LogP contribution in [0.25, 0.3) is 10.9 Å². The molecule has 0 radical (unpaired) electrons. The van der Waals surface area contributed by atoms with Gasteiger partial charge in [0.2, 0.25) is 0 Å². The summed E-state index contributed by atoms with van der Waals surface area (Å²) < 4.78 is 0. The lowest BCUT2D eigenvalue weighted by atomic mass is 10.1. The highest BCUT2D eigenvalue weighted by Gasteiger charge is 1.95. The first-order chi connectivity index (χ1) is 8.40. The average Bonchev–Trinajstić information content (AvgIpc) is 2.38. The number of rotatable bonds is 5. The van der Waals surface area contributed by atoms with Gasteiger partial charge < -0.3 is 5.32 Å². The lowest BCUT2D eigenvalue weighted by molar-refractivity contribution is 0.806. The van der Waals surface area contributed by atoms with Crippen molar-refractivity contribution >= 4 is 10.9 Å². The maximum Gasteiger partial charge on any atom is 0.0705 e. The van der Waals surface area contributed by atoms with Gasteiger partial charge in [-0.15, -0.1) is 0 Å². The van der Waals surface area contributed by atoms with Crippen LogP contribution in [0.3, 0.4) is 0 Å². The van der Waals surface area contributed by atoms with Crippen LogP contribution in [0.1, 0.15) is 12.1 Å². The molecular weight excluding hydrogens is 208 g/mol. The number of hydrogen-bond donors (Lipinski definition) is 1. The van der Waals surface area contributed by atoms with Gasteiger partial charge in [-0.2, -0.15) is 0 Å². The number of nitrogens with one attached hydrogen (secondary N) is 1. The van der Waals surface area contributed by atoms with Crippen LogP contribution in [0.5, 0.6) is 0 Å². The molecule has 2 aromatic rings. The number of nitrogens with zero attached hydrogens (tertiary/aromatic N) is 1. The Morgan fingerprint density at radius 1 is 1.12 bits per heavy atom. The first kappa shape index (κ1) is 11.8. The minimum atomic E-state index is 0.911. The van der Waals surface area contributed by atoms with Gasteiger partial charge in [-0.3, -0.25) is 4.98 Å². The van der Waals surface area contributed by atoms with E-state index in [9.17, 15) is 0 Å². The molecule has 88 valence electrons. The summed E-state index contributed by atoms with van der Waals surface area (Å²) in [5, 5.41) is 4.33. The summed E-state index contributed by atoms with van der Waals surface area (Å²) in [4.78, 5) is 4.63. The van der Waals surface area contributed by atoms with Crippen molar-refractivity contribution in [3.63, 3.8) is 0 Å². The van der Waals surface area contributed by atoms with Crippen LogP contribution in [0.4, 0.5) is 0 Å². The van der Waals surface area contributed by atoms with Crippen LogP contribution in [0.15, 0.2) is 48.6 Å². The van der Waals surface area contributed by atoms with E-state index in [0.717, 1.165) is 30.6 Å². The summed E-state index contributed by atoms with van der Waals surface area (Å²) in [6, 6.07) is 12.5. The van der Waals surface area contributed by atoms with Crippen LogP contribution in [0.2, 0.25) is 0 Å². The van der Waals surface area contributed by atoms with Gasteiger partial charge in [0.15, 0.2) is 0 Å². The quantitative estimate of drug-likeness (QED) is 0.626. The molecule has 1 N–H and O–H groups in total. The van der Waals surface area contributed by atoms with E-state index in [1.807, 2.05) is 19.2 Å². The maximum absolute atomic E-state index is 4.63. The highest BCUT2D eigenvalue weighted by atomic mass is 14.8. The topological polar surface area (TPSA) is 24.9 Å². The first-order valence-corrected chi connectivity index (χ1v) is 6.04. The number of benzene rings is 1. The van der Waals surface area contributed by atoms with Crippen LogP contribution >= 0.6 is 0 Å². The van der Waals surface area contributed by atoms with Crippen molar-refractivity contribution in [2.75, 3.05) is 13.6 Å². The van der Waals surface area contributed by atoms with Gasteiger partial charge in [-0.05, 0) is 32.1 Å². The third-order valence-electron chi connectivity index (χ3n) is 2.71. The largest absolute Gasteiger partial charge is 0.319 e. The van der Waals surface area contributed by atoms with E-state index in [0.29, 0.717) is 0 Å². The molecule has 1 aromatic carbocycles. The maximum atomic E-state index is 4.63. The Balaban J connectivity index is 2.02. The van der Waals surface area contributed by atoms with Gasteiger partial charge >= 0.3 is 0 Å². The molecule has 0 aliphatic carbocycles. The Kier molecular flexibility index (Phi) is 4.28. The minimum absolute atomic E-state index is 0.911. The average molecular weight is 226 g/mol. The zero-order valence-electron chi connectivity index (χ0n) is 10.2. The lowest BCUT2D eigenvalue weighted by Crippen LogP contribution is -2.05. The van der Waals surface area contributed by atoms with Crippen molar-refractivity contribution in [1.82, 2.24) is 10.3 Å². The third-order valence-corrected chi connectivity index (χ3v) is 2.71. The summed E-state index contributed by atoms with van der Waals surface area (Å²) >= 11 is 0. The molecule has 0 unspecified atom stereocenters. The third kappa shape index (κ3) is 3.40.